The molecule has 14 heavy (non-hydrogen) atoms. The van der Waals surface area contributed by atoms with E-state index in [0.717, 1.165) is 5.69 Å². The molecule has 1 aromatic rings. The van der Waals surface area contributed by atoms with Crippen molar-refractivity contribution in [3.05, 3.63) is 22.2 Å². The van der Waals surface area contributed by atoms with Crippen molar-refractivity contribution >= 4 is 40.5 Å². The van der Waals surface area contributed by atoms with Gasteiger partial charge in [0.25, 0.3) is 0 Å². The summed E-state index contributed by atoms with van der Waals surface area (Å²) in [5.74, 6) is -0.0432. The summed E-state index contributed by atoms with van der Waals surface area (Å²) in [6.45, 7) is 0.338. The van der Waals surface area contributed by atoms with Gasteiger partial charge in [0, 0.05) is 7.05 Å². The Hall–Kier alpha value is -0.930. The number of hydrogen-bond acceptors (Lipinski definition) is 2. The first kappa shape index (κ1) is 9.62. The van der Waals surface area contributed by atoms with Gasteiger partial charge in [-0.1, -0.05) is 23.2 Å². The number of rotatable bonds is 0. The van der Waals surface area contributed by atoms with Crippen molar-refractivity contribution in [3.8, 4) is 0 Å². The summed E-state index contributed by atoms with van der Waals surface area (Å²) in [6, 6.07) is 3.41. The van der Waals surface area contributed by atoms with E-state index >= 15 is 0 Å². The van der Waals surface area contributed by atoms with Gasteiger partial charge in [0.1, 0.15) is 0 Å². The van der Waals surface area contributed by atoms with E-state index in [4.69, 9.17) is 23.2 Å². The van der Waals surface area contributed by atoms with Crippen LogP contribution in [-0.2, 0) is 4.79 Å². The van der Waals surface area contributed by atoms with E-state index < -0.39 is 0 Å². The van der Waals surface area contributed by atoms with Crippen LogP contribution in [0.1, 0.15) is 0 Å². The van der Waals surface area contributed by atoms with E-state index in [2.05, 4.69) is 5.32 Å². The Kier molecular flexibility index (Phi) is 2.29. The number of fused-ring (bicyclic) bond motifs is 1. The topological polar surface area (TPSA) is 32.3 Å². The van der Waals surface area contributed by atoms with Gasteiger partial charge >= 0.3 is 0 Å². The third kappa shape index (κ3) is 1.53. The molecular weight excluding hydrogens is 223 g/mol. The highest BCUT2D eigenvalue weighted by atomic mass is 35.5. The summed E-state index contributed by atoms with van der Waals surface area (Å²) in [6.07, 6.45) is 0. The van der Waals surface area contributed by atoms with E-state index in [-0.39, 0.29) is 5.91 Å². The number of carbonyl (C=O) groups is 1. The summed E-state index contributed by atoms with van der Waals surface area (Å²) in [5.41, 5.74) is 1.59. The van der Waals surface area contributed by atoms with Crippen LogP contribution in [0.15, 0.2) is 12.1 Å². The van der Waals surface area contributed by atoms with E-state index in [1.54, 1.807) is 12.1 Å². The molecule has 0 atom stereocenters. The van der Waals surface area contributed by atoms with Gasteiger partial charge in [0.2, 0.25) is 5.91 Å². The predicted octanol–water partition coefficient (Wildman–Crippen LogP) is 2.38. The average Bonchev–Trinajstić information content (AvgIpc) is 2.08. The molecule has 0 aliphatic carbocycles. The van der Waals surface area contributed by atoms with Crippen LogP contribution in [0.5, 0.6) is 0 Å². The number of hydrogen-bond donors (Lipinski definition) is 1. The molecule has 1 aliphatic heterocycles. The van der Waals surface area contributed by atoms with E-state index in [0.29, 0.717) is 22.3 Å². The minimum Gasteiger partial charge on any atom is -0.364 e. The Labute approximate surface area is 91.6 Å². The van der Waals surface area contributed by atoms with Gasteiger partial charge in [0.05, 0.1) is 28.0 Å². The number of likely N-dealkylation sites (N-methyl/N-ethyl adjacent to an activating group) is 1. The Morgan fingerprint density at radius 1 is 1.36 bits per heavy atom. The zero-order chi connectivity index (χ0) is 10.3. The van der Waals surface area contributed by atoms with Crippen LogP contribution in [0.2, 0.25) is 10.0 Å². The van der Waals surface area contributed by atoms with Crippen LogP contribution in [-0.4, -0.2) is 19.5 Å². The van der Waals surface area contributed by atoms with Crippen molar-refractivity contribution < 1.29 is 4.79 Å². The molecule has 1 amide bonds. The first-order valence-corrected chi connectivity index (χ1v) is 4.83. The zero-order valence-corrected chi connectivity index (χ0v) is 8.99. The van der Waals surface area contributed by atoms with Gasteiger partial charge in [-0.25, -0.2) is 0 Å². The molecule has 74 valence electrons. The zero-order valence-electron chi connectivity index (χ0n) is 7.47. The second kappa shape index (κ2) is 3.33. The normalized spacial score (nSPS) is 15.1. The SMILES string of the molecule is CN1CC(=O)Nc2cc(Cl)c(Cl)cc21. The number of amides is 1. The van der Waals surface area contributed by atoms with Crippen molar-refractivity contribution in [2.24, 2.45) is 0 Å². The molecule has 1 heterocycles. The van der Waals surface area contributed by atoms with Crippen LogP contribution >= 0.6 is 23.2 Å². The van der Waals surface area contributed by atoms with Crippen LogP contribution < -0.4 is 10.2 Å². The first-order valence-electron chi connectivity index (χ1n) is 4.08. The summed E-state index contributed by atoms with van der Waals surface area (Å²) in [7, 11) is 1.84. The lowest BCUT2D eigenvalue weighted by Gasteiger charge is -2.27. The van der Waals surface area contributed by atoms with Crippen molar-refractivity contribution in [2.45, 2.75) is 0 Å². The maximum atomic E-state index is 11.2. The number of nitrogens with one attached hydrogen (secondary N) is 1. The molecule has 1 N–H and O–H groups in total. The number of nitrogens with zero attached hydrogens (tertiary/aromatic N) is 1. The van der Waals surface area contributed by atoms with E-state index in [1.165, 1.54) is 0 Å². The summed E-state index contributed by atoms with van der Waals surface area (Å²) < 4.78 is 0. The number of halogens is 2. The highest BCUT2D eigenvalue weighted by Crippen LogP contribution is 2.35. The third-order valence-corrected chi connectivity index (χ3v) is 2.83. The Balaban J connectivity index is 2.54. The molecule has 0 saturated heterocycles. The van der Waals surface area contributed by atoms with Crippen molar-refractivity contribution in [2.75, 3.05) is 23.8 Å². The molecule has 2 rings (SSSR count). The highest BCUT2D eigenvalue weighted by Gasteiger charge is 2.20. The van der Waals surface area contributed by atoms with Crippen molar-refractivity contribution in [3.63, 3.8) is 0 Å². The molecule has 0 spiro atoms. The van der Waals surface area contributed by atoms with E-state index in [9.17, 15) is 4.79 Å². The van der Waals surface area contributed by atoms with Gasteiger partial charge in [0.15, 0.2) is 0 Å². The van der Waals surface area contributed by atoms with Gasteiger partial charge in [-0.05, 0) is 12.1 Å². The minimum absolute atomic E-state index is 0.0432. The maximum Gasteiger partial charge on any atom is 0.243 e. The largest absolute Gasteiger partial charge is 0.364 e. The molecule has 0 bridgehead atoms. The molecular formula is C9H8Cl2N2O. The lowest BCUT2D eigenvalue weighted by Crippen LogP contribution is -2.35. The predicted molar refractivity (Wildman–Crippen MR) is 58.4 cm³/mol. The lowest BCUT2D eigenvalue weighted by atomic mass is 10.2. The maximum absolute atomic E-state index is 11.2. The summed E-state index contributed by atoms with van der Waals surface area (Å²) in [5, 5.41) is 3.67. The number of carbonyl (C=O) groups excluding carboxylic acids is 1. The van der Waals surface area contributed by atoms with Crippen LogP contribution in [0, 0.1) is 0 Å². The molecule has 5 heteroatoms. The van der Waals surface area contributed by atoms with E-state index in [1.807, 2.05) is 11.9 Å². The molecule has 1 aliphatic rings. The molecule has 0 fully saturated rings. The molecule has 0 radical (unpaired) electrons. The Bertz CT molecular complexity index is 406. The van der Waals surface area contributed by atoms with Crippen LogP contribution in [0.25, 0.3) is 0 Å². The van der Waals surface area contributed by atoms with Crippen molar-refractivity contribution in [1.29, 1.82) is 0 Å². The van der Waals surface area contributed by atoms with Gasteiger partial charge in [-0.2, -0.15) is 0 Å². The fourth-order valence-corrected chi connectivity index (χ4v) is 1.76. The number of benzene rings is 1. The fraction of sp³-hybridized carbons (Fsp3) is 0.222. The standard InChI is InChI=1S/C9H8Cl2N2O/c1-13-4-9(14)12-7-2-5(10)6(11)3-8(7)13/h2-3H,4H2,1H3,(H,12,14). The molecule has 0 unspecified atom stereocenters. The fourth-order valence-electron chi connectivity index (χ4n) is 1.44. The third-order valence-electron chi connectivity index (χ3n) is 2.10. The number of anilines is 2. The molecule has 3 nitrogen and oxygen atoms in total. The monoisotopic (exact) mass is 230 g/mol. The molecule has 1 aromatic carbocycles. The summed E-state index contributed by atoms with van der Waals surface area (Å²) in [4.78, 5) is 13.0. The molecule has 0 aromatic heterocycles. The average molecular weight is 231 g/mol. The Morgan fingerprint density at radius 2 is 2.00 bits per heavy atom. The smallest absolute Gasteiger partial charge is 0.243 e. The second-order valence-corrected chi connectivity index (χ2v) is 4.00. The van der Waals surface area contributed by atoms with Gasteiger partial charge in [-0.15, -0.1) is 0 Å². The Morgan fingerprint density at radius 3 is 2.71 bits per heavy atom. The summed E-state index contributed by atoms with van der Waals surface area (Å²) >= 11 is 11.7. The quantitative estimate of drug-likeness (QED) is 0.743. The van der Waals surface area contributed by atoms with Gasteiger partial charge in [-0.3, -0.25) is 4.79 Å². The highest BCUT2D eigenvalue weighted by molar-refractivity contribution is 6.42. The van der Waals surface area contributed by atoms with Gasteiger partial charge < -0.3 is 10.2 Å². The minimum atomic E-state index is -0.0432. The van der Waals surface area contributed by atoms with Crippen LogP contribution in [0.3, 0.4) is 0 Å². The second-order valence-electron chi connectivity index (χ2n) is 3.19. The molecule has 0 saturated carbocycles. The first-order chi connectivity index (χ1) is 6.58. The lowest BCUT2D eigenvalue weighted by molar-refractivity contribution is -0.115. The van der Waals surface area contributed by atoms with Crippen LogP contribution in [0.4, 0.5) is 11.4 Å². The van der Waals surface area contributed by atoms with Crippen molar-refractivity contribution in [1.82, 2.24) is 0 Å².